The summed E-state index contributed by atoms with van der Waals surface area (Å²) in [5, 5.41) is 13.3. The van der Waals surface area contributed by atoms with E-state index in [2.05, 4.69) is 5.32 Å². The number of aryl methyl sites for hydroxylation is 1. The second-order valence-corrected chi connectivity index (χ2v) is 7.15. The average molecular weight is 371 g/mol. The summed E-state index contributed by atoms with van der Waals surface area (Å²) in [6.45, 7) is 3.72. The Kier molecular flexibility index (Phi) is 6.07. The van der Waals surface area contributed by atoms with Gasteiger partial charge in [-0.2, -0.15) is 0 Å². The summed E-state index contributed by atoms with van der Waals surface area (Å²) >= 11 is 0. The number of aliphatic carboxylic acids is 1. The first-order valence-electron chi connectivity index (χ1n) is 9.35. The third kappa shape index (κ3) is 4.76. The van der Waals surface area contributed by atoms with Crippen LogP contribution in [0.1, 0.15) is 35.2 Å². The van der Waals surface area contributed by atoms with Gasteiger partial charge in [0, 0.05) is 0 Å². The molecule has 0 fully saturated rings. The van der Waals surface area contributed by atoms with E-state index in [1.807, 2.05) is 97.9 Å². The Morgan fingerprint density at radius 2 is 1.39 bits per heavy atom. The molecule has 1 atom stereocenters. The minimum absolute atomic E-state index is 0.244. The third-order valence-electron chi connectivity index (χ3n) is 4.84. The molecule has 0 radical (unpaired) electrons. The number of carboxylic acid groups (broad SMARTS) is 1. The lowest BCUT2D eigenvalue weighted by Crippen LogP contribution is -2.49. The molecule has 1 unspecified atom stereocenters. The molecule has 0 aliphatic rings. The van der Waals surface area contributed by atoms with Crippen LogP contribution in [0.2, 0.25) is 0 Å². The molecule has 0 aliphatic carbocycles. The van der Waals surface area contributed by atoms with Gasteiger partial charge < -0.3 is 5.11 Å². The molecule has 0 spiro atoms. The number of rotatable bonds is 7. The van der Waals surface area contributed by atoms with Crippen molar-refractivity contribution in [1.82, 2.24) is 5.32 Å². The SMILES string of the molecule is Cc1ccc(C=CC(C)(NC(c2ccccc2)c2ccccc2)C(=O)O)cc1. The molecule has 0 saturated heterocycles. The highest BCUT2D eigenvalue weighted by molar-refractivity contribution is 5.82. The minimum Gasteiger partial charge on any atom is -0.480 e. The maximum atomic E-state index is 12.2. The van der Waals surface area contributed by atoms with E-state index < -0.39 is 11.5 Å². The minimum atomic E-state index is -1.23. The quantitative estimate of drug-likeness (QED) is 0.598. The van der Waals surface area contributed by atoms with Gasteiger partial charge in [-0.05, 0) is 30.5 Å². The Labute approximate surface area is 166 Å². The predicted molar refractivity (Wildman–Crippen MR) is 114 cm³/mol. The van der Waals surface area contributed by atoms with Crippen LogP contribution in [0.3, 0.4) is 0 Å². The molecule has 0 amide bonds. The van der Waals surface area contributed by atoms with Gasteiger partial charge in [0.25, 0.3) is 0 Å². The zero-order chi connectivity index (χ0) is 20.0. The first-order valence-corrected chi connectivity index (χ1v) is 9.35. The standard InChI is InChI=1S/C25H25NO2/c1-19-13-15-20(16-14-19)17-18-25(2,24(27)28)26-23(21-9-5-3-6-10-21)22-11-7-4-8-12-22/h3-18,23,26H,1-2H3,(H,27,28). The van der Waals surface area contributed by atoms with Crippen molar-refractivity contribution in [2.24, 2.45) is 0 Å². The van der Waals surface area contributed by atoms with Gasteiger partial charge in [0.1, 0.15) is 5.54 Å². The van der Waals surface area contributed by atoms with Crippen molar-refractivity contribution in [3.63, 3.8) is 0 Å². The van der Waals surface area contributed by atoms with E-state index in [1.165, 1.54) is 5.56 Å². The molecule has 0 heterocycles. The summed E-state index contributed by atoms with van der Waals surface area (Å²) in [6, 6.07) is 27.6. The zero-order valence-corrected chi connectivity index (χ0v) is 16.2. The lowest BCUT2D eigenvalue weighted by molar-refractivity contribution is -0.142. The van der Waals surface area contributed by atoms with Crippen molar-refractivity contribution < 1.29 is 9.90 Å². The summed E-state index contributed by atoms with van der Waals surface area (Å²) in [5.74, 6) is -0.923. The van der Waals surface area contributed by atoms with Crippen LogP contribution in [0, 0.1) is 6.92 Å². The zero-order valence-electron chi connectivity index (χ0n) is 16.2. The van der Waals surface area contributed by atoms with Crippen LogP contribution in [0.15, 0.2) is 91.0 Å². The van der Waals surface area contributed by atoms with Gasteiger partial charge in [0.15, 0.2) is 0 Å². The van der Waals surface area contributed by atoms with E-state index in [0.717, 1.165) is 16.7 Å². The largest absolute Gasteiger partial charge is 0.480 e. The van der Waals surface area contributed by atoms with Gasteiger partial charge in [-0.15, -0.1) is 0 Å². The summed E-state index contributed by atoms with van der Waals surface area (Å²) < 4.78 is 0. The van der Waals surface area contributed by atoms with Gasteiger partial charge in [-0.1, -0.05) is 103 Å². The Hall–Kier alpha value is -3.17. The summed E-state index contributed by atoms with van der Waals surface area (Å²) in [6.07, 6.45) is 3.58. The average Bonchev–Trinajstić information content (AvgIpc) is 2.73. The maximum Gasteiger partial charge on any atom is 0.327 e. The molecule has 3 nitrogen and oxygen atoms in total. The highest BCUT2D eigenvalue weighted by Crippen LogP contribution is 2.26. The van der Waals surface area contributed by atoms with Crippen LogP contribution in [-0.4, -0.2) is 16.6 Å². The molecule has 142 valence electrons. The Balaban J connectivity index is 1.95. The van der Waals surface area contributed by atoms with Crippen molar-refractivity contribution >= 4 is 12.0 Å². The van der Waals surface area contributed by atoms with Gasteiger partial charge >= 0.3 is 5.97 Å². The number of nitrogens with one attached hydrogen (secondary N) is 1. The Morgan fingerprint density at radius 3 is 1.86 bits per heavy atom. The number of carbonyl (C=O) groups is 1. The highest BCUT2D eigenvalue weighted by atomic mass is 16.4. The lowest BCUT2D eigenvalue weighted by Gasteiger charge is -2.30. The van der Waals surface area contributed by atoms with Crippen LogP contribution in [0.25, 0.3) is 6.08 Å². The molecule has 0 bridgehead atoms. The van der Waals surface area contributed by atoms with Crippen molar-refractivity contribution in [3.05, 3.63) is 113 Å². The van der Waals surface area contributed by atoms with Crippen LogP contribution < -0.4 is 5.32 Å². The normalized spacial score (nSPS) is 13.5. The smallest absolute Gasteiger partial charge is 0.327 e. The first-order chi connectivity index (χ1) is 13.5. The fraction of sp³-hybridized carbons (Fsp3) is 0.160. The van der Waals surface area contributed by atoms with E-state index >= 15 is 0 Å². The molecule has 3 aromatic carbocycles. The first kappa shape index (κ1) is 19.6. The Morgan fingerprint density at radius 1 is 0.893 bits per heavy atom. The number of hydrogen-bond donors (Lipinski definition) is 2. The van der Waals surface area contributed by atoms with Crippen molar-refractivity contribution in [2.75, 3.05) is 0 Å². The van der Waals surface area contributed by atoms with E-state index in [9.17, 15) is 9.90 Å². The fourth-order valence-corrected chi connectivity index (χ4v) is 3.07. The maximum absolute atomic E-state index is 12.2. The van der Waals surface area contributed by atoms with Crippen LogP contribution >= 0.6 is 0 Å². The lowest BCUT2D eigenvalue weighted by atomic mass is 9.93. The van der Waals surface area contributed by atoms with Crippen molar-refractivity contribution in [3.8, 4) is 0 Å². The molecule has 0 aliphatic heterocycles. The molecular weight excluding hydrogens is 346 g/mol. The monoisotopic (exact) mass is 371 g/mol. The molecule has 3 aromatic rings. The van der Waals surface area contributed by atoms with E-state index in [1.54, 1.807) is 13.0 Å². The molecule has 0 aromatic heterocycles. The Bertz CT molecular complexity index is 894. The molecule has 0 saturated carbocycles. The number of carboxylic acids is 1. The highest BCUT2D eigenvalue weighted by Gasteiger charge is 2.33. The van der Waals surface area contributed by atoms with Crippen LogP contribution in [0.5, 0.6) is 0 Å². The van der Waals surface area contributed by atoms with E-state index in [-0.39, 0.29) is 6.04 Å². The van der Waals surface area contributed by atoms with E-state index in [0.29, 0.717) is 0 Å². The molecular formula is C25H25NO2. The second-order valence-electron chi connectivity index (χ2n) is 7.15. The second kappa shape index (κ2) is 8.68. The molecule has 3 rings (SSSR count). The van der Waals surface area contributed by atoms with Crippen LogP contribution in [0.4, 0.5) is 0 Å². The van der Waals surface area contributed by atoms with Gasteiger partial charge in [0.2, 0.25) is 0 Å². The number of hydrogen-bond acceptors (Lipinski definition) is 2. The van der Waals surface area contributed by atoms with E-state index in [4.69, 9.17) is 0 Å². The summed E-state index contributed by atoms with van der Waals surface area (Å²) in [7, 11) is 0. The van der Waals surface area contributed by atoms with Crippen molar-refractivity contribution in [1.29, 1.82) is 0 Å². The predicted octanol–water partition coefficient (Wildman–Crippen LogP) is 5.23. The summed E-state index contributed by atoms with van der Waals surface area (Å²) in [5.41, 5.74) is 2.94. The van der Waals surface area contributed by atoms with Gasteiger partial charge in [-0.25, -0.2) is 4.79 Å². The molecule has 2 N–H and O–H groups in total. The third-order valence-corrected chi connectivity index (χ3v) is 4.84. The van der Waals surface area contributed by atoms with Gasteiger partial charge in [-0.3, -0.25) is 5.32 Å². The molecule has 28 heavy (non-hydrogen) atoms. The topological polar surface area (TPSA) is 49.3 Å². The van der Waals surface area contributed by atoms with Crippen LogP contribution in [-0.2, 0) is 4.79 Å². The van der Waals surface area contributed by atoms with Gasteiger partial charge in [0.05, 0.1) is 6.04 Å². The molecule has 3 heteroatoms. The number of benzene rings is 3. The summed E-state index contributed by atoms with van der Waals surface area (Å²) in [4.78, 5) is 12.2. The fourth-order valence-electron chi connectivity index (χ4n) is 3.07. The van der Waals surface area contributed by atoms with Crippen molar-refractivity contribution in [2.45, 2.75) is 25.4 Å².